The number of nitrogens with zero attached hydrogens (tertiary/aromatic N) is 4. The number of hydrogen-bond acceptors (Lipinski definition) is 2. The molecule has 5 nitrogen and oxygen atoms in total. The first-order chi connectivity index (χ1) is 9.10. The lowest BCUT2D eigenvalue weighted by molar-refractivity contribution is -0.128. The Balaban J connectivity index is 2.03. The molecule has 2 rings (SSSR count). The Labute approximate surface area is 114 Å². The maximum Gasteiger partial charge on any atom is 0.223 e. The molecule has 1 aromatic carbocycles. The largest absolute Gasteiger partial charge is 0.338 e. The summed E-state index contributed by atoms with van der Waals surface area (Å²) in [4.78, 5) is 16.1. The van der Waals surface area contributed by atoms with Crippen LogP contribution in [0.3, 0.4) is 0 Å². The molecule has 0 bridgehead atoms. The molecule has 0 spiro atoms. The molecule has 1 unspecified atom stereocenters. The first kappa shape index (κ1) is 13.6. The lowest BCUT2D eigenvalue weighted by Crippen LogP contribution is -2.25. The SMILES string of the molecule is [N-]=[N+]=NCC1CC(=O)N(Cc2ccc(F)cc2Cl)C1. The maximum absolute atomic E-state index is 12.9. The van der Waals surface area contributed by atoms with E-state index >= 15 is 0 Å². The summed E-state index contributed by atoms with van der Waals surface area (Å²) in [5.41, 5.74) is 8.97. The molecule has 100 valence electrons. The number of carbonyl (C=O) groups is 1. The summed E-state index contributed by atoms with van der Waals surface area (Å²) in [5, 5.41) is 3.80. The van der Waals surface area contributed by atoms with Gasteiger partial charge in [-0.2, -0.15) is 0 Å². The normalized spacial score (nSPS) is 18.5. The minimum atomic E-state index is -0.400. The highest BCUT2D eigenvalue weighted by molar-refractivity contribution is 6.31. The van der Waals surface area contributed by atoms with Crippen molar-refractivity contribution in [3.8, 4) is 0 Å². The number of likely N-dealkylation sites (tertiary alicyclic amines) is 1. The van der Waals surface area contributed by atoms with Gasteiger partial charge in [0, 0.05) is 36.0 Å². The van der Waals surface area contributed by atoms with E-state index in [1.807, 2.05) is 0 Å². The molecule has 1 amide bonds. The van der Waals surface area contributed by atoms with E-state index in [1.54, 1.807) is 11.0 Å². The highest BCUT2D eigenvalue weighted by atomic mass is 35.5. The average molecular weight is 283 g/mol. The van der Waals surface area contributed by atoms with E-state index in [1.165, 1.54) is 12.1 Å². The van der Waals surface area contributed by atoms with Crippen molar-refractivity contribution in [3.63, 3.8) is 0 Å². The van der Waals surface area contributed by atoms with E-state index < -0.39 is 5.82 Å². The van der Waals surface area contributed by atoms with E-state index in [0.717, 1.165) is 0 Å². The van der Waals surface area contributed by atoms with Gasteiger partial charge in [0.15, 0.2) is 0 Å². The van der Waals surface area contributed by atoms with E-state index in [-0.39, 0.29) is 11.8 Å². The maximum atomic E-state index is 12.9. The molecule has 0 N–H and O–H groups in total. The molecule has 1 aliphatic heterocycles. The third-order valence-corrected chi connectivity index (χ3v) is 3.43. The van der Waals surface area contributed by atoms with Crippen molar-refractivity contribution >= 4 is 17.5 Å². The molecule has 1 aromatic rings. The van der Waals surface area contributed by atoms with Crippen LogP contribution in [0.1, 0.15) is 12.0 Å². The second-order valence-electron chi connectivity index (χ2n) is 4.49. The van der Waals surface area contributed by atoms with Crippen molar-refractivity contribution in [1.29, 1.82) is 0 Å². The summed E-state index contributed by atoms with van der Waals surface area (Å²) in [5.74, 6) is -0.358. The standard InChI is InChI=1S/C12H12ClFN4O/c13-11-4-10(14)2-1-9(11)7-18-6-8(3-12(18)19)5-16-17-15/h1-2,4,8H,3,5-7H2. The Hall–Kier alpha value is -1.78. The highest BCUT2D eigenvalue weighted by Gasteiger charge is 2.29. The van der Waals surface area contributed by atoms with Gasteiger partial charge in [-0.15, -0.1) is 0 Å². The van der Waals surface area contributed by atoms with Crippen LogP contribution in [0.25, 0.3) is 10.4 Å². The van der Waals surface area contributed by atoms with Crippen LogP contribution in [-0.4, -0.2) is 23.9 Å². The van der Waals surface area contributed by atoms with Gasteiger partial charge in [-0.05, 0) is 29.1 Å². The number of azide groups is 1. The Bertz CT molecular complexity index is 545. The van der Waals surface area contributed by atoms with Crippen LogP contribution in [0.5, 0.6) is 0 Å². The fraction of sp³-hybridized carbons (Fsp3) is 0.417. The number of benzene rings is 1. The van der Waals surface area contributed by atoms with Gasteiger partial charge in [0.25, 0.3) is 0 Å². The fourth-order valence-corrected chi connectivity index (χ4v) is 2.36. The monoisotopic (exact) mass is 282 g/mol. The van der Waals surface area contributed by atoms with Crippen LogP contribution in [0.15, 0.2) is 23.3 Å². The zero-order chi connectivity index (χ0) is 13.8. The summed E-state index contributed by atoms with van der Waals surface area (Å²) in [6, 6.07) is 4.12. The van der Waals surface area contributed by atoms with Crippen molar-refractivity contribution in [2.24, 2.45) is 11.0 Å². The third-order valence-electron chi connectivity index (χ3n) is 3.07. The van der Waals surface area contributed by atoms with Gasteiger partial charge in [0.1, 0.15) is 5.82 Å². The Morgan fingerprint density at radius 1 is 1.58 bits per heavy atom. The van der Waals surface area contributed by atoms with Gasteiger partial charge in [-0.1, -0.05) is 22.8 Å². The second kappa shape index (κ2) is 5.91. The predicted molar refractivity (Wildman–Crippen MR) is 68.9 cm³/mol. The molecule has 1 saturated heterocycles. The molecule has 0 aromatic heterocycles. The van der Waals surface area contributed by atoms with Crippen LogP contribution in [0.4, 0.5) is 4.39 Å². The number of rotatable bonds is 4. The predicted octanol–water partition coefficient (Wildman–Crippen LogP) is 3.14. The third kappa shape index (κ3) is 3.36. The second-order valence-corrected chi connectivity index (χ2v) is 4.90. The average Bonchev–Trinajstić information content (AvgIpc) is 2.71. The van der Waals surface area contributed by atoms with E-state index in [9.17, 15) is 9.18 Å². The van der Waals surface area contributed by atoms with Gasteiger partial charge in [0.05, 0.1) is 0 Å². The van der Waals surface area contributed by atoms with E-state index in [4.69, 9.17) is 17.1 Å². The van der Waals surface area contributed by atoms with E-state index in [2.05, 4.69) is 10.0 Å². The smallest absolute Gasteiger partial charge is 0.223 e. The fourth-order valence-electron chi connectivity index (χ4n) is 2.14. The lowest BCUT2D eigenvalue weighted by atomic mass is 10.1. The van der Waals surface area contributed by atoms with Gasteiger partial charge in [0.2, 0.25) is 5.91 Å². The summed E-state index contributed by atoms with van der Waals surface area (Å²) < 4.78 is 12.9. The minimum Gasteiger partial charge on any atom is -0.338 e. The molecule has 0 saturated carbocycles. The summed E-state index contributed by atoms with van der Waals surface area (Å²) in [6.45, 7) is 1.20. The first-order valence-electron chi connectivity index (χ1n) is 5.82. The van der Waals surface area contributed by atoms with Crippen molar-refractivity contribution < 1.29 is 9.18 Å². The number of carbonyl (C=O) groups excluding carboxylic acids is 1. The molecule has 1 aliphatic rings. The summed E-state index contributed by atoms with van der Waals surface area (Å²) >= 11 is 5.93. The summed E-state index contributed by atoms with van der Waals surface area (Å²) in [6.07, 6.45) is 0.373. The van der Waals surface area contributed by atoms with Gasteiger partial charge >= 0.3 is 0 Å². The molecular formula is C12H12ClFN4O. The van der Waals surface area contributed by atoms with Crippen LogP contribution >= 0.6 is 11.6 Å². The molecule has 0 radical (unpaired) electrons. The Morgan fingerprint density at radius 2 is 2.37 bits per heavy atom. The molecule has 1 fully saturated rings. The van der Waals surface area contributed by atoms with Gasteiger partial charge in [-0.3, -0.25) is 4.79 Å². The lowest BCUT2D eigenvalue weighted by Gasteiger charge is -2.17. The number of amides is 1. The highest BCUT2D eigenvalue weighted by Crippen LogP contribution is 2.24. The molecular weight excluding hydrogens is 271 g/mol. The van der Waals surface area contributed by atoms with Gasteiger partial charge < -0.3 is 4.90 Å². The molecule has 19 heavy (non-hydrogen) atoms. The van der Waals surface area contributed by atoms with Crippen molar-refractivity contribution in [2.45, 2.75) is 13.0 Å². The number of halogens is 2. The van der Waals surface area contributed by atoms with E-state index in [0.29, 0.717) is 36.6 Å². The molecule has 7 heteroatoms. The Kier molecular flexibility index (Phi) is 4.24. The van der Waals surface area contributed by atoms with Crippen molar-refractivity contribution in [2.75, 3.05) is 13.1 Å². The van der Waals surface area contributed by atoms with Gasteiger partial charge in [-0.25, -0.2) is 4.39 Å². The summed E-state index contributed by atoms with van der Waals surface area (Å²) in [7, 11) is 0. The molecule has 1 heterocycles. The van der Waals surface area contributed by atoms with Crippen LogP contribution in [0, 0.1) is 11.7 Å². The Morgan fingerprint density at radius 3 is 3.05 bits per heavy atom. The zero-order valence-electron chi connectivity index (χ0n) is 10.1. The van der Waals surface area contributed by atoms with Crippen molar-refractivity contribution in [3.05, 3.63) is 45.0 Å². The van der Waals surface area contributed by atoms with Crippen LogP contribution in [0.2, 0.25) is 5.02 Å². The molecule has 0 aliphatic carbocycles. The van der Waals surface area contributed by atoms with Crippen molar-refractivity contribution in [1.82, 2.24) is 4.90 Å². The first-order valence-corrected chi connectivity index (χ1v) is 6.20. The van der Waals surface area contributed by atoms with Crippen LogP contribution in [-0.2, 0) is 11.3 Å². The quantitative estimate of drug-likeness (QED) is 0.475. The topological polar surface area (TPSA) is 69.1 Å². The van der Waals surface area contributed by atoms with Crippen LogP contribution < -0.4 is 0 Å². The molecule has 1 atom stereocenters. The number of hydrogen-bond donors (Lipinski definition) is 0. The zero-order valence-corrected chi connectivity index (χ0v) is 10.8. The minimum absolute atomic E-state index is 0.00136.